The Kier molecular flexibility index (Phi) is 8.50. The SMILES string of the molecule is Cl.O=C(CCC1CCNCC1)NCC1CCCCC1O. The van der Waals surface area contributed by atoms with Crippen LogP contribution in [0, 0.1) is 11.8 Å². The van der Waals surface area contributed by atoms with Gasteiger partial charge in [-0.1, -0.05) is 12.8 Å². The summed E-state index contributed by atoms with van der Waals surface area (Å²) in [5, 5.41) is 16.2. The van der Waals surface area contributed by atoms with Crippen molar-refractivity contribution in [3.8, 4) is 0 Å². The van der Waals surface area contributed by atoms with Crippen LogP contribution in [0.15, 0.2) is 0 Å². The summed E-state index contributed by atoms with van der Waals surface area (Å²) in [5.74, 6) is 1.15. The lowest BCUT2D eigenvalue weighted by Crippen LogP contribution is -2.37. The highest BCUT2D eigenvalue weighted by Gasteiger charge is 2.23. The quantitative estimate of drug-likeness (QED) is 0.726. The Balaban J connectivity index is 0.00000200. The molecule has 3 N–H and O–H groups in total. The molecule has 0 aromatic carbocycles. The van der Waals surface area contributed by atoms with Crippen LogP contribution in [0.3, 0.4) is 0 Å². The minimum Gasteiger partial charge on any atom is -0.393 e. The van der Waals surface area contributed by atoms with E-state index in [1.807, 2.05) is 0 Å². The molecule has 0 bridgehead atoms. The maximum absolute atomic E-state index is 11.8. The summed E-state index contributed by atoms with van der Waals surface area (Å²) in [6.45, 7) is 2.85. The van der Waals surface area contributed by atoms with Gasteiger partial charge in [-0.25, -0.2) is 0 Å². The molecule has 0 radical (unpaired) electrons. The highest BCUT2D eigenvalue weighted by molar-refractivity contribution is 5.85. The van der Waals surface area contributed by atoms with Crippen LogP contribution in [0.2, 0.25) is 0 Å². The van der Waals surface area contributed by atoms with Crippen molar-refractivity contribution in [3.05, 3.63) is 0 Å². The number of nitrogens with one attached hydrogen (secondary N) is 2. The summed E-state index contributed by atoms with van der Waals surface area (Å²) in [4.78, 5) is 11.8. The average molecular weight is 305 g/mol. The number of rotatable bonds is 5. The first-order chi connectivity index (χ1) is 9.25. The molecule has 0 aromatic rings. The second kappa shape index (κ2) is 9.59. The van der Waals surface area contributed by atoms with Gasteiger partial charge < -0.3 is 15.7 Å². The van der Waals surface area contributed by atoms with Crippen LogP contribution < -0.4 is 10.6 Å². The topological polar surface area (TPSA) is 61.4 Å². The van der Waals surface area contributed by atoms with Gasteiger partial charge in [-0.05, 0) is 51.1 Å². The van der Waals surface area contributed by atoms with E-state index in [-0.39, 0.29) is 30.3 Å². The van der Waals surface area contributed by atoms with Crippen LogP contribution >= 0.6 is 12.4 Å². The van der Waals surface area contributed by atoms with E-state index in [0.717, 1.165) is 38.8 Å². The summed E-state index contributed by atoms with van der Waals surface area (Å²) in [6.07, 6.45) is 8.12. The molecule has 0 spiro atoms. The van der Waals surface area contributed by atoms with Crippen LogP contribution in [-0.2, 0) is 4.79 Å². The van der Waals surface area contributed by atoms with E-state index in [4.69, 9.17) is 0 Å². The van der Waals surface area contributed by atoms with Crippen LogP contribution in [-0.4, -0.2) is 36.8 Å². The fourth-order valence-electron chi connectivity index (χ4n) is 3.27. The van der Waals surface area contributed by atoms with Gasteiger partial charge in [0.15, 0.2) is 0 Å². The second-order valence-corrected chi connectivity index (χ2v) is 6.15. The Hall–Kier alpha value is -0.320. The Morgan fingerprint density at radius 2 is 1.85 bits per heavy atom. The van der Waals surface area contributed by atoms with E-state index >= 15 is 0 Å². The van der Waals surface area contributed by atoms with Gasteiger partial charge in [0.25, 0.3) is 0 Å². The molecule has 1 aliphatic heterocycles. The molecule has 1 saturated heterocycles. The number of carbonyl (C=O) groups is 1. The Morgan fingerprint density at radius 1 is 1.15 bits per heavy atom. The van der Waals surface area contributed by atoms with Gasteiger partial charge in [-0.3, -0.25) is 4.79 Å². The van der Waals surface area contributed by atoms with Gasteiger partial charge in [0.2, 0.25) is 5.91 Å². The van der Waals surface area contributed by atoms with Gasteiger partial charge in [-0.15, -0.1) is 12.4 Å². The van der Waals surface area contributed by atoms with Crippen molar-refractivity contribution in [2.45, 2.75) is 57.5 Å². The molecule has 2 aliphatic rings. The number of hydrogen-bond acceptors (Lipinski definition) is 3. The molecular weight excluding hydrogens is 276 g/mol. The molecule has 2 unspecified atom stereocenters. The van der Waals surface area contributed by atoms with Crippen molar-refractivity contribution in [1.29, 1.82) is 0 Å². The largest absolute Gasteiger partial charge is 0.393 e. The zero-order valence-electron chi connectivity index (χ0n) is 12.3. The van der Waals surface area contributed by atoms with Crippen molar-refractivity contribution in [1.82, 2.24) is 10.6 Å². The van der Waals surface area contributed by atoms with E-state index in [2.05, 4.69) is 10.6 Å². The summed E-state index contributed by atoms with van der Waals surface area (Å²) in [5.41, 5.74) is 0. The van der Waals surface area contributed by atoms with Gasteiger partial charge in [0.1, 0.15) is 0 Å². The number of amides is 1. The smallest absolute Gasteiger partial charge is 0.220 e. The van der Waals surface area contributed by atoms with Crippen molar-refractivity contribution in [2.75, 3.05) is 19.6 Å². The van der Waals surface area contributed by atoms with Gasteiger partial charge in [0.05, 0.1) is 6.10 Å². The third kappa shape index (κ3) is 5.98. The molecule has 2 atom stereocenters. The maximum Gasteiger partial charge on any atom is 0.220 e. The van der Waals surface area contributed by atoms with Crippen LogP contribution in [0.1, 0.15) is 51.4 Å². The van der Waals surface area contributed by atoms with Crippen molar-refractivity contribution in [3.63, 3.8) is 0 Å². The predicted octanol–water partition coefficient (Wildman–Crippen LogP) is 1.86. The van der Waals surface area contributed by atoms with E-state index in [0.29, 0.717) is 18.9 Å². The molecule has 0 aromatic heterocycles. The first kappa shape index (κ1) is 17.7. The Labute approximate surface area is 128 Å². The maximum atomic E-state index is 11.8. The fraction of sp³-hybridized carbons (Fsp3) is 0.933. The molecular formula is C15H29ClN2O2. The fourth-order valence-corrected chi connectivity index (χ4v) is 3.27. The molecule has 1 aliphatic carbocycles. The molecule has 1 heterocycles. The standard InChI is InChI=1S/C15H28N2O2.ClH/c18-14-4-2-1-3-13(14)11-17-15(19)6-5-12-7-9-16-10-8-12;/h12-14,16,18H,1-11H2,(H,17,19);1H. The van der Waals surface area contributed by atoms with E-state index in [9.17, 15) is 9.90 Å². The molecule has 2 rings (SSSR count). The highest BCUT2D eigenvalue weighted by atomic mass is 35.5. The van der Waals surface area contributed by atoms with Crippen molar-refractivity contribution in [2.24, 2.45) is 11.8 Å². The number of piperidine rings is 1. The zero-order valence-corrected chi connectivity index (χ0v) is 13.1. The summed E-state index contributed by atoms with van der Waals surface area (Å²) in [6, 6.07) is 0. The number of aliphatic hydroxyl groups is 1. The molecule has 4 nitrogen and oxygen atoms in total. The molecule has 118 valence electrons. The van der Waals surface area contributed by atoms with E-state index < -0.39 is 0 Å². The minimum atomic E-state index is -0.210. The lowest BCUT2D eigenvalue weighted by atomic mass is 9.86. The number of hydrogen-bond donors (Lipinski definition) is 3. The number of halogens is 1. The second-order valence-electron chi connectivity index (χ2n) is 6.15. The van der Waals surface area contributed by atoms with E-state index in [1.54, 1.807) is 0 Å². The van der Waals surface area contributed by atoms with Crippen LogP contribution in [0.5, 0.6) is 0 Å². The van der Waals surface area contributed by atoms with Crippen LogP contribution in [0.25, 0.3) is 0 Å². The van der Waals surface area contributed by atoms with E-state index in [1.165, 1.54) is 19.3 Å². The first-order valence-electron chi connectivity index (χ1n) is 7.91. The molecule has 1 saturated carbocycles. The third-order valence-corrected chi connectivity index (χ3v) is 4.67. The molecule has 2 fully saturated rings. The monoisotopic (exact) mass is 304 g/mol. The van der Waals surface area contributed by atoms with Crippen LogP contribution in [0.4, 0.5) is 0 Å². The lowest BCUT2D eigenvalue weighted by Gasteiger charge is -2.27. The predicted molar refractivity (Wildman–Crippen MR) is 83.1 cm³/mol. The molecule has 5 heteroatoms. The highest BCUT2D eigenvalue weighted by Crippen LogP contribution is 2.23. The van der Waals surface area contributed by atoms with Gasteiger partial charge in [-0.2, -0.15) is 0 Å². The van der Waals surface area contributed by atoms with Crippen molar-refractivity contribution >= 4 is 18.3 Å². The zero-order chi connectivity index (χ0) is 13.5. The van der Waals surface area contributed by atoms with Gasteiger partial charge >= 0.3 is 0 Å². The number of carbonyl (C=O) groups excluding carboxylic acids is 1. The molecule has 1 amide bonds. The minimum absolute atomic E-state index is 0. The first-order valence-corrected chi connectivity index (χ1v) is 7.91. The average Bonchev–Trinajstić information content (AvgIpc) is 2.45. The van der Waals surface area contributed by atoms with Crippen molar-refractivity contribution < 1.29 is 9.90 Å². The van der Waals surface area contributed by atoms with Gasteiger partial charge in [0, 0.05) is 18.9 Å². The molecule has 20 heavy (non-hydrogen) atoms. The summed E-state index contributed by atoms with van der Waals surface area (Å²) >= 11 is 0. The normalized spacial score (nSPS) is 27.6. The third-order valence-electron chi connectivity index (χ3n) is 4.67. The Bertz CT molecular complexity index is 283. The summed E-state index contributed by atoms with van der Waals surface area (Å²) in [7, 11) is 0. The Morgan fingerprint density at radius 3 is 2.55 bits per heavy atom. The lowest BCUT2D eigenvalue weighted by molar-refractivity contribution is -0.121. The summed E-state index contributed by atoms with van der Waals surface area (Å²) < 4.78 is 0. The number of aliphatic hydroxyl groups excluding tert-OH is 1.